The Morgan fingerprint density at radius 1 is 1.31 bits per heavy atom. The average Bonchev–Trinajstić information content (AvgIpc) is 3.27. The molecule has 0 radical (unpaired) electrons. The maximum absolute atomic E-state index is 12.7. The van der Waals surface area contributed by atoms with Gasteiger partial charge in [-0.25, -0.2) is 8.42 Å². The van der Waals surface area contributed by atoms with Crippen LogP contribution < -0.4 is 4.74 Å². The number of carbonyl (C=O) groups excluding carboxylic acids is 1. The minimum absolute atomic E-state index is 0.00414. The standard InChI is InChI=1S/C19H21NO5S/c1-24-17-7-4-15(5-8-17)6-9-19(21)20(13-18-3-2-11-25-18)16-10-12-26(22,23)14-16/h2-9,11,16H,10,12-14H2,1H3/b9-6+. The lowest BCUT2D eigenvalue weighted by atomic mass is 10.1. The number of furan rings is 1. The molecule has 1 aliphatic heterocycles. The third kappa shape index (κ3) is 4.54. The summed E-state index contributed by atoms with van der Waals surface area (Å²) in [6, 6.07) is 10.5. The largest absolute Gasteiger partial charge is 0.497 e. The molecule has 1 amide bonds. The number of nitrogens with zero attached hydrogens (tertiary/aromatic N) is 1. The Balaban J connectivity index is 1.76. The molecule has 0 spiro atoms. The van der Waals surface area contributed by atoms with Gasteiger partial charge in [-0.2, -0.15) is 0 Å². The van der Waals surface area contributed by atoms with Crippen molar-refractivity contribution in [3.05, 3.63) is 60.1 Å². The smallest absolute Gasteiger partial charge is 0.247 e. The number of ether oxygens (including phenoxy) is 1. The highest BCUT2D eigenvalue weighted by molar-refractivity contribution is 7.91. The van der Waals surface area contributed by atoms with Gasteiger partial charge in [0, 0.05) is 12.1 Å². The van der Waals surface area contributed by atoms with Gasteiger partial charge in [-0.1, -0.05) is 12.1 Å². The Morgan fingerprint density at radius 3 is 2.65 bits per heavy atom. The maximum atomic E-state index is 12.7. The molecule has 1 atom stereocenters. The van der Waals surface area contributed by atoms with E-state index in [4.69, 9.17) is 9.15 Å². The van der Waals surface area contributed by atoms with Crippen LogP contribution in [-0.2, 0) is 21.2 Å². The second-order valence-corrected chi connectivity index (χ2v) is 8.44. The number of rotatable bonds is 6. The van der Waals surface area contributed by atoms with E-state index in [9.17, 15) is 13.2 Å². The predicted molar refractivity (Wildman–Crippen MR) is 98.3 cm³/mol. The monoisotopic (exact) mass is 375 g/mol. The maximum Gasteiger partial charge on any atom is 0.247 e. The molecule has 1 aromatic carbocycles. The summed E-state index contributed by atoms with van der Waals surface area (Å²) in [5, 5.41) is 0. The number of carbonyl (C=O) groups is 1. The van der Waals surface area contributed by atoms with Gasteiger partial charge in [0.1, 0.15) is 11.5 Å². The molecule has 2 heterocycles. The van der Waals surface area contributed by atoms with Crippen molar-refractivity contribution in [1.29, 1.82) is 0 Å². The molecule has 26 heavy (non-hydrogen) atoms. The summed E-state index contributed by atoms with van der Waals surface area (Å²) < 4.78 is 34.1. The summed E-state index contributed by atoms with van der Waals surface area (Å²) in [5.41, 5.74) is 0.858. The quantitative estimate of drug-likeness (QED) is 0.725. The molecule has 0 N–H and O–H groups in total. The lowest BCUT2D eigenvalue weighted by Gasteiger charge is -2.26. The molecule has 0 aliphatic carbocycles. The molecular formula is C19H21NO5S. The minimum Gasteiger partial charge on any atom is -0.497 e. The zero-order valence-corrected chi connectivity index (χ0v) is 15.3. The van der Waals surface area contributed by atoms with Crippen LogP contribution >= 0.6 is 0 Å². The molecule has 7 heteroatoms. The van der Waals surface area contributed by atoms with E-state index in [-0.39, 0.29) is 30.0 Å². The van der Waals surface area contributed by atoms with E-state index in [0.29, 0.717) is 12.2 Å². The molecule has 1 aromatic heterocycles. The molecule has 1 aliphatic rings. The van der Waals surface area contributed by atoms with Crippen molar-refractivity contribution >= 4 is 21.8 Å². The summed E-state index contributed by atoms with van der Waals surface area (Å²) in [6.07, 6.45) is 5.16. The Morgan fingerprint density at radius 2 is 2.08 bits per heavy atom. The van der Waals surface area contributed by atoms with Crippen LogP contribution in [0.25, 0.3) is 6.08 Å². The summed E-state index contributed by atoms with van der Waals surface area (Å²) in [5.74, 6) is 1.24. The van der Waals surface area contributed by atoms with Crippen LogP contribution in [0, 0.1) is 0 Å². The molecule has 1 unspecified atom stereocenters. The SMILES string of the molecule is COc1ccc(/C=C/C(=O)N(Cc2ccco2)C2CCS(=O)(=O)C2)cc1. The van der Waals surface area contributed by atoms with Crippen molar-refractivity contribution in [3.8, 4) is 5.75 Å². The molecule has 0 saturated carbocycles. The lowest BCUT2D eigenvalue weighted by Crippen LogP contribution is -2.39. The van der Waals surface area contributed by atoms with Gasteiger partial charge in [0.2, 0.25) is 5.91 Å². The van der Waals surface area contributed by atoms with Crippen molar-refractivity contribution in [3.63, 3.8) is 0 Å². The first-order valence-electron chi connectivity index (χ1n) is 8.32. The highest BCUT2D eigenvalue weighted by atomic mass is 32.2. The summed E-state index contributed by atoms with van der Waals surface area (Å²) in [6.45, 7) is 0.249. The van der Waals surface area contributed by atoms with E-state index in [1.807, 2.05) is 24.3 Å². The number of hydrogen-bond donors (Lipinski definition) is 0. The second-order valence-electron chi connectivity index (χ2n) is 6.21. The molecule has 1 saturated heterocycles. The van der Waals surface area contributed by atoms with Gasteiger partial charge >= 0.3 is 0 Å². The van der Waals surface area contributed by atoms with E-state index in [0.717, 1.165) is 11.3 Å². The van der Waals surface area contributed by atoms with E-state index >= 15 is 0 Å². The summed E-state index contributed by atoms with van der Waals surface area (Å²) in [7, 11) is -1.50. The van der Waals surface area contributed by atoms with Crippen LogP contribution in [0.3, 0.4) is 0 Å². The third-order valence-electron chi connectivity index (χ3n) is 4.37. The molecule has 2 aromatic rings. The van der Waals surface area contributed by atoms with Crippen molar-refractivity contribution in [2.45, 2.75) is 19.0 Å². The zero-order chi connectivity index (χ0) is 18.6. The van der Waals surface area contributed by atoms with Gasteiger partial charge in [0.15, 0.2) is 9.84 Å². The number of hydrogen-bond acceptors (Lipinski definition) is 5. The predicted octanol–water partition coefficient (Wildman–Crippen LogP) is 2.52. The Labute approximate surface area is 153 Å². The fourth-order valence-electron chi connectivity index (χ4n) is 2.96. The van der Waals surface area contributed by atoms with E-state index in [2.05, 4.69) is 0 Å². The first-order valence-corrected chi connectivity index (χ1v) is 10.1. The van der Waals surface area contributed by atoms with Crippen LogP contribution in [0.5, 0.6) is 5.75 Å². The van der Waals surface area contributed by atoms with E-state index < -0.39 is 9.84 Å². The van der Waals surface area contributed by atoms with Gasteiger partial charge in [-0.3, -0.25) is 4.79 Å². The molecular weight excluding hydrogens is 354 g/mol. The normalized spacial score (nSPS) is 18.9. The molecule has 6 nitrogen and oxygen atoms in total. The lowest BCUT2D eigenvalue weighted by molar-refractivity contribution is -0.128. The topological polar surface area (TPSA) is 76.8 Å². The summed E-state index contributed by atoms with van der Waals surface area (Å²) in [4.78, 5) is 14.3. The molecule has 0 bridgehead atoms. The number of methoxy groups -OCH3 is 1. The van der Waals surface area contributed by atoms with E-state index in [1.54, 1.807) is 30.2 Å². The number of amides is 1. The first-order chi connectivity index (χ1) is 12.5. The fraction of sp³-hybridized carbons (Fsp3) is 0.316. The van der Waals surface area contributed by atoms with E-state index in [1.165, 1.54) is 12.3 Å². The Bertz CT molecular complexity index is 869. The highest BCUT2D eigenvalue weighted by Gasteiger charge is 2.34. The van der Waals surface area contributed by atoms with Crippen LogP contribution in [0.15, 0.2) is 53.2 Å². The van der Waals surface area contributed by atoms with Gasteiger partial charge < -0.3 is 14.1 Å². The summed E-state index contributed by atoms with van der Waals surface area (Å²) >= 11 is 0. The fourth-order valence-corrected chi connectivity index (χ4v) is 4.69. The van der Waals surface area contributed by atoms with Gasteiger partial charge in [-0.15, -0.1) is 0 Å². The Hall–Kier alpha value is -2.54. The number of benzene rings is 1. The Kier molecular flexibility index (Phi) is 5.46. The molecule has 1 fully saturated rings. The second kappa shape index (κ2) is 7.78. The zero-order valence-electron chi connectivity index (χ0n) is 14.5. The van der Waals surface area contributed by atoms with Crippen molar-refractivity contribution in [1.82, 2.24) is 4.90 Å². The molecule has 138 valence electrons. The first kappa shape index (κ1) is 18.3. The van der Waals surface area contributed by atoms with Crippen LogP contribution in [0.1, 0.15) is 17.7 Å². The van der Waals surface area contributed by atoms with Crippen LogP contribution in [0.4, 0.5) is 0 Å². The number of sulfone groups is 1. The van der Waals surface area contributed by atoms with Crippen molar-refractivity contribution in [2.24, 2.45) is 0 Å². The van der Waals surface area contributed by atoms with Crippen molar-refractivity contribution in [2.75, 3.05) is 18.6 Å². The van der Waals surface area contributed by atoms with Gasteiger partial charge in [0.25, 0.3) is 0 Å². The van der Waals surface area contributed by atoms with Crippen LogP contribution in [0.2, 0.25) is 0 Å². The highest BCUT2D eigenvalue weighted by Crippen LogP contribution is 2.21. The third-order valence-corrected chi connectivity index (χ3v) is 6.12. The molecule has 3 rings (SSSR count). The average molecular weight is 375 g/mol. The van der Waals surface area contributed by atoms with Gasteiger partial charge in [0.05, 0.1) is 31.4 Å². The minimum atomic E-state index is -3.09. The van der Waals surface area contributed by atoms with Crippen molar-refractivity contribution < 1.29 is 22.4 Å². The van der Waals surface area contributed by atoms with Gasteiger partial charge in [-0.05, 0) is 42.3 Å². The van der Waals surface area contributed by atoms with Crippen LogP contribution in [-0.4, -0.2) is 43.9 Å².